The number of ether oxygens (including phenoxy) is 2. The first-order valence-electron chi connectivity index (χ1n) is 15.0. The summed E-state index contributed by atoms with van der Waals surface area (Å²) in [5.41, 5.74) is 8.83. The molecule has 0 saturated carbocycles. The van der Waals surface area contributed by atoms with Crippen molar-refractivity contribution in [2.75, 3.05) is 45.2 Å². The first kappa shape index (κ1) is 31.6. The van der Waals surface area contributed by atoms with E-state index < -0.39 is 30.4 Å². The zero-order valence-corrected chi connectivity index (χ0v) is 26.0. The molecule has 2 aromatic heterocycles. The number of halogens is 1. The van der Waals surface area contributed by atoms with Gasteiger partial charge in [0.15, 0.2) is 35.9 Å². The third-order valence-corrected chi connectivity index (χ3v) is 8.49. The van der Waals surface area contributed by atoms with Crippen molar-refractivity contribution in [3.05, 3.63) is 77.3 Å². The molecule has 4 aromatic rings. The van der Waals surface area contributed by atoms with Gasteiger partial charge in [-0.15, -0.1) is 0 Å². The average Bonchev–Trinajstić information content (AvgIpc) is 3.64. The lowest BCUT2D eigenvalue weighted by molar-refractivity contribution is -0.135. The van der Waals surface area contributed by atoms with Crippen LogP contribution in [0.2, 0.25) is 5.02 Å². The minimum atomic E-state index is -1.17. The summed E-state index contributed by atoms with van der Waals surface area (Å²) in [7, 11) is 1.47. The molecular weight excluding hydrogens is 614 g/mol. The molecule has 46 heavy (non-hydrogen) atoms. The standard InChI is InChI=1S/C31H36ClN9O5/c1-34-30(44)27-24(33)26(43)31(46-27)41-18-38-25-28(36-17-37-29(25)41)35-14-20-13-21(32)7-8-22(20)45-16-23(42)40-11-9-39(10-12-40)15-19-5-3-2-4-6-19/h2-8,13,17-18,24,26-27,31,43H,9-12,14-16,33H2,1H3,(H,34,44)(H,35,36,37)/t24-,26+,27-,31?/m0/s1. The normalized spacial score (nSPS) is 21.8. The van der Waals surface area contributed by atoms with Crippen molar-refractivity contribution in [2.24, 2.45) is 5.73 Å². The molecule has 6 rings (SSSR count). The predicted molar refractivity (Wildman–Crippen MR) is 170 cm³/mol. The molecule has 2 aromatic carbocycles. The van der Waals surface area contributed by atoms with E-state index in [2.05, 4.69) is 42.6 Å². The van der Waals surface area contributed by atoms with Gasteiger partial charge in [-0.1, -0.05) is 41.9 Å². The number of hydrogen-bond acceptors (Lipinski definition) is 11. The number of rotatable bonds is 10. The number of nitrogens with zero attached hydrogens (tertiary/aromatic N) is 6. The molecule has 0 radical (unpaired) electrons. The number of nitrogens with one attached hydrogen (secondary N) is 2. The van der Waals surface area contributed by atoms with Crippen molar-refractivity contribution >= 4 is 40.4 Å². The van der Waals surface area contributed by atoms with Gasteiger partial charge in [-0.2, -0.15) is 0 Å². The fourth-order valence-electron chi connectivity index (χ4n) is 5.70. The maximum Gasteiger partial charge on any atom is 0.260 e. The van der Waals surface area contributed by atoms with Crippen LogP contribution in [-0.2, 0) is 27.4 Å². The molecule has 2 aliphatic heterocycles. The number of aliphatic hydroxyl groups is 1. The van der Waals surface area contributed by atoms with Gasteiger partial charge < -0.3 is 35.8 Å². The van der Waals surface area contributed by atoms with Crippen molar-refractivity contribution < 1.29 is 24.2 Å². The highest BCUT2D eigenvalue weighted by atomic mass is 35.5. The monoisotopic (exact) mass is 649 g/mol. The Bertz CT molecular complexity index is 1680. The zero-order chi connectivity index (χ0) is 32.2. The molecule has 1 unspecified atom stereocenters. The number of anilines is 1. The first-order chi connectivity index (χ1) is 22.3. The number of likely N-dealkylation sites (N-methyl/N-ethyl adjacent to an activating group) is 1. The summed E-state index contributed by atoms with van der Waals surface area (Å²) in [5.74, 6) is 0.420. The number of nitrogens with two attached hydrogens (primary N) is 1. The second-order valence-electron chi connectivity index (χ2n) is 11.2. The summed E-state index contributed by atoms with van der Waals surface area (Å²) in [6.07, 6.45) is -0.355. The fourth-order valence-corrected chi connectivity index (χ4v) is 5.90. The quantitative estimate of drug-likeness (QED) is 0.194. The topological polar surface area (TPSA) is 173 Å². The summed E-state index contributed by atoms with van der Waals surface area (Å²) < 4.78 is 13.3. The SMILES string of the molecule is CNC(=O)[C@H]1OC(n2cnc3c(NCc4cc(Cl)ccc4OCC(=O)N4CCN(Cc5ccccc5)CC4)ncnc32)[C@H](O)[C@@H]1N. The van der Waals surface area contributed by atoms with Crippen LogP contribution in [0.1, 0.15) is 17.4 Å². The third-order valence-electron chi connectivity index (χ3n) is 8.25. The van der Waals surface area contributed by atoms with E-state index >= 15 is 0 Å². The van der Waals surface area contributed by atoms with Gasteiger partial charge in [0.2, 0.25) is 0 Å². The minimum absolute atomic E-state index is 0.0778. The Morgan fingerprint density at radius 1 is 1.11 bits per heavy atom. The molecule has 2 aliphatic rings. The summed E-state index contributed by atoms with van der Waals surface area (Å²) in [6.45, 7) is 3.90. The number of aromatic nitrogens is 4. The molecule has 2 amide bonds. The zero-order valence-electron chi connectivity index (χ0n) is 25.3. The van der Waals surface area contributed by atoms with Gasteiger partial charge >= 0.3 is 0 Å². The van der Waals surface area contributed by atoms with E-state index in [0.717, 1.165) is 19.6 Å². The molecular formula is C31H36ClN9O5. The van der Waals surface area contributed by atoms with Gasteiger partial charge in [0.1, 0.15) is 18.2 Å². The Balaban J connectivity index is 1.08. The molecule has 15 heteroatoms. The number of imidazole rings is 1. The van der Waals surface area contributed by atoms with Crippen LogP contribution < -0.4 is 21.1 Å². The Kier molecular flexibility index (Phi) is 9.61. The molecule has 2 saturated heterocycles. The van der Waals surface area contributed by atoms with E-state index in [0.29, 0.717) is 46.4 Å². The number of fused-ring (bicyclic) bond motifs is 1. The highest BCUT2D eigenvalue weighted by Gasteiger charge is 2.46. The van der Waals surface area contributed by atoms with Gasteiger partial charge in [0.25, 0.3) is 11.8 Å². The van der Waals surface area contributed by atoms with Gasteiger partial charge in [-0.05, 0) is 23.8 Å². The van der Waals surface area contributed by atoms with E-state index in [1.807, 2.05) is 23.1 Å². The summed E-state index contributed by atoms with van der Waals surface area (Å²) >= 11 is 6.31. The number of carbonyl (C=O) groups excluding carboxylic acids is 2. The maximum absolute atomic E-state index is 13.0. The van der Waals surface area contributed by atoms with E-state index in [9.17, 15) is 14.7 Å². The van der Waals surface area contributed by atoms with E-state index in [1.54, 1.807) is 18.2 Å². The molecule has 2 fully saturated rings. The maximum atomic E-state index is 13.0. The van der Waals surface area contributed by atoms with Crippen LogP contribution in [0, 0.1) is 0 Å². The van der Waals surface area contributed by atoms with Crippen LogP contribution >= 0.6 is 11.6 Å². The first-order valence-corrected chi connectivity index (χ1v) is 15.4. The second kappa shape index (κ2) is 14.0. The van der Waals surface area contributed by atoms with Crippen molar-refractivity contribution in [3.8, 4) is 5.75 Å². The Hall–Kier alpha value is -4.34. The molecule has 4 atom stereocenters. The largest absolute Gasteiger partial charge is 0.483 e. The van der Waals surface area contributed by atoms with Crippen molar-refractivity contribution in [2.45, 2.75) is 37.6 Å². The molecule has 5 N–H and O–H groups in total. The Morgan fingerprint density at radius 2 is 1.89 bits per heavy atom. The van der Waals surface area contributed by atoms with Crippen molar-refractivity contribution in [1.82, 2.24) is 34.6 Å². The number of carbonyl (C=O) groups is 2. The van der Waals surface area contributed by atoms with Crippen LogP contribution in [0.3, 0.4) is 0 Å². The minimum Gasteiger partial charge on any atom is -0.483 e. The van der Waals surface area contributed by atoms with Crippen LogP contribution in [0.4, 0.5) is 5.82 Å². The summed E-state index contributed by atoms with van der Waals surface area (Å²) in [5, 5.41) is 17.0. The smallest absolute Gasteiger partial charge is 0.260 e. The van der Waals surface area contributed by atoms with Crippen molar-refractivity contribution in [1.29, 1.82) is 0 Å². The van der Waals surface area contributed by atoms with Crippen LogP contribution in [-0.4, -0.2) is 104 Å². The third kappa shape index (κ3) is 6.76. The molecule has 0 aliphatic carbocycles. The average molecular weight is 650 g/mol. The number of amides is 2. The highest BCUT2D eigenvalue weighted by Crippen LogP contribution is 2.32. The lowest BCUT2D eigenvalue weighted by atomic mass is 10.1. The van der Waals surface area contributed by atoms with Gasteiger partial charge in [0, 0.05) is 56.9 Å². The Morgan fingerprint density at radius 3 is 2.65 bits per heavy atom. The number of piperazine rings is 1. The van der Waals surface area contributed by atoms with Crippen LogP contribution in [0.15, 0.2) is 61.2 Å². The molecule has 0 bridgehead atoms. The summed E-state index contributed by atoms with van der Waals surface area (Å²) in [4.78, 5) is 42.5. The number of hydrogen-bond donors (Lipinski definition) is 4. The predicted octanol–water partition coefficient (Wildman–Crippen LogP) is 1.15. The lowest BCUT2D eigenvalue weighted by Crippen LogP contribution is -2.49. The number of aliphatic hydroxyl groups excluding tert-OH is 1. The van der Waals surface area contributed by atoms with E-state index in [-0.39, 0.29) is 19.1 Å². The van der Waals surface area contributed by atoms with Crippen LogP contribution in [0.5, 0.6) is 5.75 Å². The molecule has 14 nitrogen and oxygen atoms in total. The van der Waals surface area contributed by atoms with Gasteiger partial charge in [-0.3, -0.25) is 19.1 Å². The van der Waals surface area contributed by atoms with Crippen LogP contribution in [0.25, 0.3) is 11.2 Å². The molecule has 242 valence electrons. The Labute approximate surface area is 270 Å². The van der Waals surface area contributed by atoms with Crippen molar-refractivity contribution in [3.63, 3.8) is 0 Å². The highest BCUT2D eigenvalue weighted by molar-refractivity contribution is 6.30. The molecule has 4 heterocycles. The lowest BCUT2D eigenvalue weighted by Gasteiger charge is -2.34. The van der Waals surface area contributed by atoms with Gasteiger partial charge in [-0.25, -0.2) is 15.0 Å². The van der Waals surface area contributed by atoms with Gasteiger partial charge in [0.05, 0.1) is 12.4 Å². The second-order valence-corrected chi connectivity index (χ2v) is 11.6. The fraction of sp³-hybridized carbons (Fsp3) is 0.387. The summed E-state index contributed by atoms with van der Waals surface area (Å²) in [6, 6.07) is 14.6. The molecule has 0 spiro atoms. The van der Waals surface area contributed by atoms with E-state index in [1.165, 1.54) is 29.8 Å². The number of benzene rings is 2. The van der Waals surface area contributed by atoms with E-state index in [4.69, 9.17) is 26.8 Å².